The average molecular weight is 316 g/mol. The van der Waals surface area contributed by atoms with Crippen molar-refractivity contribution in [2.45, 2.75) is 57.0 Å². The van der Waals surface area contributed by atoms with E-state index in [2.05, 4.69) is 24.3 Å². The van der Waals surface area contributed by atoms with Crippen LogP contribution in [-0.4, -0.2) is 30.1 Å². The number of benzene rings is 1. The van der Waals surface area contributed by atoms with E-state index in [0.29, 0.717) is 12.5 Å². The van der Waals surface area contributed by atoms with Crippen LogP contribution in [0.2, 0.25) is 0 Å². The van der Waals surface area contributed by atoms with Crippen molar-refractivity contribution in [3.63, 3.8) is 0 Å². The zero-order valence-corrected chi connectivity index (χ0v) is 13.8. The van der Waals surface area contributed by atoms with Gasteiger partial charge in [0.1, 0.15) is 0 Å². The Kier molecular flexibility index (Phi) is 3.50. The second-order valence-corrected chi connectivity index (χ2v) is 7.55. The minimum atomic E-state index is -0.826. The molecular formula is C19H24O4. The second kappa shape index (κ2) is 5.32. The summed E-state index contributed by atoms with van der Waals surface area (Å²) in [6, 6.07) is 10.5. The van der Waals surface area contributed by atoms with Crippen LogP contribution in [0.5, 0.6) is 0 Å². The average Bonchev–Trinajstić information content (AvgIpc) is 2.48. The van der Waals surface area contributed by atoms with E-state index in [4.69, 9.17) is 14.2 Å². The van der Waals surface area contributed by atoms with Crippen molar-refractivity contribution < 1.29 is 19.0 Å². The maximum absolute atomic E-state index is 12.3. The summed E-state index contributed by atoms with van der Waals surface area (Å²) in [6.45, 7) is 4.36. The van der Waals surface area contributed by atoms with Crippen molar-refractivity contribution in [3.05, 3.63) is 35.9 Å². The third kappa shape index (κ3) is 2.58. The number of hydrogen-bond donors (Lipinski definition) is 0. The Morgan fingerprint density at radius 3 is 2.78 bits per heavy atom. The van der Waals surface area contributed by atoms with Gasteiger partial charge in [0.25, 0.3) is 0 Å². The Balaban J connectivity index is 1.46. The first-order valence-electron chi connectivity index (χ1n) is 8.57. The number of carbonyl (C=O) groups excluding carboxylic acids is 1. The van der Waals surface area contributed by atoms with Crippen LogP contribution in [0.25, 0.3) is 0 Å². The van der Waals surface area contributed by atoms with Crippen LogP contribution < -0.4 is 0 Å². The van der Waals surface area contributed by atoms with Crippen LogP contribution in [0.3, 0.4) is 0 Å². The Bertz CT molecular complexity index is 597. The summed E-state index contributed by atoms with van der Waals surface area (Å²) in [7, 11) is 0. The monoisotopic (exact) mass is 316 g/mol. The van der Waals surface area contributed by atoms with Gasteiger partial charge in [-0.15, -0.1) is 0 Å². The molecule has 4 rings (SSSR count). The van der Waals surface area contributed by atoms with E-state index in [9.17, 15) is 4.79 Å². The van der Waals surface area contributed by atoms with E-state index in [1.165, 1.54) is 5.56 Å². The van der Waals surface area contributed by atoms with Crippen LogP contribution in [0.15, 0.2) is 30.3 Å². The highest BCUT2D eigenvalue weighted by atomic mass is 16.7. The molecular weight excluding hydrogens is 292 g/mol. The smallest absolute Gasteiger partial charge is 0.314 e. The highest BCUT2D eigenvalue weighted by Crippen LogP contribution is 2.57. The van der Waals surface area contributed by atoms with E-state index in [1.54, 1.807) is 0 Å². The Hall–Kier alpha value is -1.39. The number of carbonyl (C=O) groups is 1. The molecule has 1 saturated carbocycles. The molecule has 4 heteroatoms. The molecule has 0 unspecified atom stereocenters. The fraction of sp³-hybridized carbons (Fsp3) is 0.632. The number of cyclic esters (lactones) is 1. The van der Waals surface area contributed by atoms with Crippen LogP contribution in [-0.2, 0) is 25.4 Å². The largest absolute Gasteiger partial charge is 0.433 e. The minimum Gasteiger partial charge on any atom is -0.433 e. The zero-order valence-electron chi connectivity index (χ0n) is 13.8. The topological polar surface area (TPSA) is 44.8 Å². The first-order chi connectivity index (χ1) is 11.0. The van der Waals surface area contributed by atoms with E-state index >= 15 is 0 Å². The molecule has 0 radical (unpaired) electrons. The van der Waals surface area contributed by atoms with Crippen molar-refractivity contribution >= 4 is 5.97 Å². The van der Waals surface area contributed by atoms with E-state index < -0.39 is 5.79 Å². The van der Waals surface area contributed by atoms with Crippen LogP contribution in [0.4, 0.5) is 0 Å². The Morgan fingerprint density at radius 2 is 2.00 bits per heavy atom. The SMILES string of the molecule is CC1(C)OC(=O)[C@@H]2C[C@H]3CO[C@H](CCc4ccccc4)C[C@]32O1. The van der Waals surface area contributed by atoms with Gasteiger partial charge >= 0.3 is 5.97 Å². The lowest BCUT2D eigenvalue weighted by Crippen LogP contribution is -2.71. The van der Waals surface area contributed by atoms with Crippen molar-refractivity contribution in [1.29, 1.82) is 0 Å². The van der Waals surface area contributed by atoms with E-state index in [-0.39, 0.29) is 23.6 Å². The fourth-order valence-electron chi connectivity index (χ4n) is 4.43. The predicted molar refractivity (Wildman–Crippen MR) is 84.7 cm³/mol. The third-order valence-corrected chi connectivity index (χ3v) is 5.55. The Morgan fingerprint density at radius 1 is 1.22 bits per heavy atom. The highest BCUT2D eigenvalue weighted by molar-refractivity contribution is 5.76. The van der Waals surface area contributed by atoms with Crippen molar-refractivity contribution in [2.75, 3.05) is 6.61 Å². The van der Waals surface area contributed by atoms with Gasteiger partial charge in [-0.05, 0) is 24.8 Å². The van der Waals surface area contributed by atoms with Crippen LogP contribution >= 0.6 is 0 Å². The van der Waals surface area contributed by atoms with Gasteiger partial charge < -0.3 is 14.2 Å². The van der Waals surface area contributed by atoms with Crippen molar-refractivity contribution in [2.24, 2.45) is 11.8 Å². The van der Waals surface area contributed by atoms with Crippen molar-refractivity contribution in [3.8, 4) is 0 Å². The normalized spacial score (nSPS) is 38.0. The molecule has 2 saturated heterocycles. The quantitative estimate of drug-likeness (QED) is 0.804. The van der Waals surface area contributed by atoms with Gasteiger partial charge in [0, 0.05) is 26.2 Å². The molecule has 4 nitrogen and oxygen atoms in total. The first-order valence-corrected chi connectivity index (χ1v) is 8.57. The molecule has 124 valence electrons. The summed E-state index contributed by atoms with van der Waals surface area (Å²) < 4.78 is 17.8. The molecule has 4 atom stereocenters. The molecule has 2 heterocycles. The fourth-order valence-corrected chi connectivity index (χ4v) is 4.43. The van der Waals surface area contributed by atoms with Gasteiger partial charge in [0.05, 0.1) is 24.2 Å². The number of hydrogen-bond acceptors (Lipinski definition) is 4. The van der Waals surface area contributed by atoms with Crippen molar-refractivity contribution in [1.82, 2.24) is 0 Å². The van der Waals surface area contributed by atoms with Crippen LogP contribution in [0, 0.1) is 11.8 Å². The molecule has 3 aliphatic rings. The van der Waals surface area contributed by atoms with E-state index in [0.717, 1.165) is 25.7 Å². The van der Waals surface area contributed by atoms with Gasteiger partial charge in [-0.3, -0.25) is 4.79 Å². The number of ether oxygens (including phenoxy) is 3. The van der Waals surface area contributed by atoms with Gasteiger partial charge in [0.15, 0.2) is 0 Å². The highest BCUT2D eigenvalue weighted by Gasteiger charge is 2.67. The lowest BCUT2D eigenvalue weighted by atomic mass is 9.57. The second-order valence-electron chi connectivity index (χ2n) is 7.55. The molecule has 0 N–H and O–H groups in total. The Labute approximate surface area is 137 Å². The summed E-state index contributed by atoms with van der Waals surface area (Å²) >= 11 is 0. The number of esters is 1. The first kappa shape index (κ1) is 15.2. The zero-order chi connectivity index (χ0) is 16.1. The predicted octanol–water partition coefficient (Wildman–Crippen LogP) is 3.09. The van der Waals surface area contributed by atoms with Gasteiger partial charge in [-0.2, -0.15) is 0 Å². The van der Waals surface area contributed by atoms with Gasteiger partial charge in [-0.25, -0.2) is 0 Å². The standard InChI is InChI=1S/C19H24O4/c1-18(2)22-17(20)16-10-14-12-21-15(11-19(14,16)23-18)9-8-13-6-4-3-5-7-13/h3-7,14-16H,8-12H2,1-2H3/t14-,15+,16-,19-/m0/s1. The molecule has 2 aliphatic heterocycles. The molecule has 0 bridgehead atoms. The maximum atomic E-state index is 12.3. The molecule has 1 aliphatic carbocycles. The lowest BCUT2D eigenvalue weighted by molar-refractivity contribution is -0.369. The maximum Gasteiger partial charge on any atom is 0.314 e. The summed E-state index contributed by atoms with van der Waals surface area (Å²) in [5, 5.41) is 0. The van der Waals surface area contributed by atoms with Crippen LogP contribution in [0.1, 0.15) is 38.7 Å². The molecule has 1 aromatic carbocycles. The molecule has 0 aromatic heterocycles. The summed E-state index contributed by atoms with van der Waals surface area (Å²) in [5.41, 5.74) is 0.962. The van der Waals surface area contributed by atoms with Gasteiger partial charge in [0.2, 0.25) is 5.79 Å². The lowest BCUT2D eigenvalue weighted by Gasteiger charge is -2.62. The third-order valence-electron chi connectivity index (χ3n) is 5.55. The molecule has 3 fully saturated rings. The minimum absolute atomic E-state index is 0.0961. The molecule has 23 heavy (non-hydrogen) atoms. The number of aryl methyl sites for hydroxylation is 1. The molecule has 0 amide bonds. The summed E-state index contributed by atoms with van der Waals surface area (Å²) in [5.74, 6) is -0.703. The van der Waals surface area contributed by atoms with Gasteiger partial charge in [-0.1, -0.05) is 30.3 Å². The molecule has 1 aromatic rings. The molecule has 1 spiro atoms. The summed E-state index contributed by atoms with van der Waals surface area (Å²) in [6.07, 6.45) is 3.74. The van der Waals surface area contributed by atoms with E-state index in [1.807, 2.05) is 19.9 Å². The summed E-state index contributed by atoms with van der Waals surface area (Å²) in [4.78, 5) is 12.3. The number of rotatable bonds is 3.